The summed E-state index contributed by atoms with van der Waals surface area (Å²) in [5.74, 6) is 1.61. The van der Waals surface area contributed by atoms with E-state index < -0.39 is 0 Å². The zero-order valence-corrected chi connectivity index (χ0v) is 11.8. The van der Waals surface area contributed by atoms with E-state index in [1.54, 1.807) is 0 Å². The molecule has 0 amide bonds. The first-order chi connectivity index (χ1) is 8.20. The molecule has 2 unspecified atom stereocenters. The summed E-state index contributed by atoms with van der Waals surface area (Å²) in [5, 5.41) is 8.16. The van der Waals surface area contributed by atoms with Crippen molar-refractivity contribution in [2.75, 3.05) is 19.6 Å². The van der Waals surface area contributed by atoms with Gasteiger partial charge in [-0.3, -0.25) is 0 Å². The fourth-order valence-electron chi connectivity index (χ4n) is 2.02. The van der Waals surface area contributed by atoms with Crippen LogP contribution < -0.4 is 10.6 Å². The van der Waals surface area contributed by atoms with Gasteiger partial charge in [-0.1, -0.05) is 13.8 Å². The lowest BCUT2D eigenvalue weighted by Gasteiger charge is -2.33. The van der Waals surface area contributed by atoms with Crippen LogP contribution in [0, 0.1) is 11.8 Å². The predicted octanol–water partition coefficient (Wildman–Crippen LogP) is 2.21. The number of nitrogens with one attached hydrogen (secondary N) is 2. The van der Waals surface area contributed by atoms with Gasteiger partial charge in [-0.2, -0.15) is 0 Å². The smallest absolute Gasteiger partial charge is 0.109 e. The number of rotatable bonds is 6. The van der Waals surface area contributed by atoms with Crippen molar-refractivity contribution < 1.29 is 0 Å². The minimum absolute atomic E-state index is 0.385. The van der Waals surface area contributed by atoms with E-state index in [1.807, 2.05) is 17.5 Å². The van der Waals surface area contributed by atoms with Crippen LogP contribution in [0.3, 0.4) is 0 Å². The molecule has 2 atom stereocenters. The fraction of sp³-hybridized carbons (Fsp3) is 0.769. The minimum Gasteiger partial charge on any atom is -0.316 e. The molecule has 96 valence electrons. The van der Waals surface area contributed by atoms with E-state index >= 15 is 0 Å². The Morgan fingerprint density at radius 1 is 1.53 bits per heavy atom. The second kappa shape index (κ2) is 5.94. The highest BCUT2D eigenvalue weighted by Crippen LogP contribution is 2.21. The van der Waals surface area contributed by atoms with Gasteiger partial charge in [-0.05, 0) is 44.8 Å². The first-order valence-electron chi connectivity index (χ1n) is 6.59. The number of nitrogens with zero attached hydrogens (tertiary/aromatic N) is 1. The third-order valence-corrected chi connectivity index (χ3v) is 4.98. The SMILES string of the molecule is CCc1cnc(C(C)NCC(C)C2CNC2)s1. The first-order valence-corrected chi connectivity index (χ1v) is 7.41. The van der Waals surface area contributed by atoms with E-state index in [4.69, 9.17) is 0 Å². The number of aryl methyl sites for hydroxylation is 1. The quantitative estimate of drug-likeness (QED) is 0.816. The summed E-state index contributed by atoms with van der Waals surface area (Å²) < 4.78 is 0. The van der Waals surface area contributed by atoms with Crippen molar-refractivity contribution in [2.45, 2.75) is 33.2 Å². The van der Waals surface area contributed by atoms with Gasteiger partial charge in [-0.15, -0.1) is 11.3 Å². The van der Waals surface area contributed by atoms with Gasteiger partial charge in [-0.25, -0.2) is 4.98 Å². The average Bonchev–Trinajstić information content (AvgIpc) is 2.72. The predicted molar refractivity (Wildman–Crippen MR) is 73.4 cm³/mol. The maximum Gasteiger partial charge on any atom is 0.109 e. The topological polar surface area (TPSA) is 37.0 Å². The van der Waals surface area contributed by atoms with Gasteiger partial charge in [0.2, 0.25) is 0 Å². The molecule has 0 bridgehead atoms. The van der Waals surface area contributed by atoms with Gasteiger partial charge in [0.05, 0.1) is 6.04 Å². The summed E-state index contributed by atoms with van der Waals surface area (Å²) in [5.41, 5.74) is 0. The van der Waals surface area contributed by atoms with Crippen molar-refractivity contribution >= 4 is 11.3 Å². The van der Waals surface area contributed by atoms with Crippen molar-refractivity contribution in [3.05, 3.63) is 16.1 Å². The van der Waals surface area contributed by atoms with E-state index in [2.05, 4.69) is 36.4 Å². The number of aromatic nitrogens is 1. The molecular weight excluding hydrogens is 230 g/mol. The monoisotopic (exact) mass is 253 g/mol. The largest absolute Gasteiger partial charge is 0.316 e. The molecule has 17 heavy (non-hydrogen) atoms. The van der Waals surface area contributed by atoms with Gasteiger partial charge in [0.25, 0.3) is 0 Å². The highest BCUT2D eigenvalue weighted by Gasteiger charge is 2.23. The fourth-order valence-corrected chi connectivity index (χ4v) is 2.90. The molecule has 0 spiro atoms. The summed E-state index contributed by atoms with van der Waals surface area (Å²) in [6.45, 7) is 10.2. The number of hydrogen-bond acceptors (Lipinski definition) is 4. The highest BCUT2D eigenvalue weighted by molar-refractivity contribution is 7.11. The van der Waals surface area contributed by atoms with Crippen molar-refractivity contribution in [1.82, 2.24) is 15.6 Å². The summed E-state index contributed by atoms with van der Waals surface area (Å²) >= 11 is 1.83. The van der Waals surface area contributed by atoms with Crippen LogP contribution >= 0.6 is 11.3 Å². The molecule has 1 aromatic rings. The molecule has 1 fully saturated rings. The summed E-state index contributed by atoms with van der Waals surface area (Å²) in [6.07, 6.45) is 3.10. The molecule has 2 N–H and O–H groups in total. The molecule has 2 heterocycles. The van der Waals surface area contributed by atoms with E-state index in [0.717, 1.165) is 24.8 Å². The summed E-state index contributed by atoms with van der Waals surface area (Å²) in [4.78, 5) is 5.87. The molecule has 1 aliphatic rings. The van der Waals surface area contributed by atoms with E-state index in [9.17, 15) is 0 Å². The van der Waals surface area contributed by atoms with Gasteiger partial charge >= 0.3 is 0 Å². The van der Waals surface area contributed by atoms with Crippen molar-refractivity contribution in [1.29, 1.82) is 0 Å². The summed E-state index contributed by atoms with van der Waals surface area (Å²) in [7, 11) is 0. The van der Waals surface area contributed by atoms with E-state index in [1.165, 1.54) is 23.0 Å². The van der Waals surface area contributed by atoms with Crippen LogP contribution in [0.4, 0.5) is 0 Å². The Kier molecular flexibility index (Phi) is 4.54. The number of thiazole rings is 1. The van der Waals surface area contributed by atoms with Crippen LogP contribution in [0.2, 0.25) is 0 Å². The summed E-state index contributed by atoms with van der Waals surface area (Å²) in [6, 6.07) is 0.385. The molecule has 0 radical (unpaired) electrons. The van der Waals surface area contributed by atoms with Gasteiger partial charge in [0, 0.05) is 11.1 Å². The Labute approximate surface area is 108 Å². The lowest BCUT2D eigenvalue weighted by Crippen LogP contribution is -2.47. The molecule has 0 aromatic carbocycles. The maximum absolute atomic E-state index is 4.49. The van der Waals surface area contributed by atoms with E-state index in [-0.39, 0.29) is 0 Å². The third kappa shape index (κ3) is 3.27. The molecular formula is C13H23N3S. The van der Waals surface area contributed by atoms with Crippen LogP contribution in [0.15, 0.2) is 6.20 Å². The molecule has 0 saturated carbocycles. The average molecular weight is 253 g/mol. The lowest BCUT2D eigenvalue weighted by atomic mass is 9.89. The second-order valence-electron chi connectivity index (χ2n) is 5.04. The van der Waals surface area contributed by atoms with Crippen LogP contribution in [0.1, 0.15) is 36.7 Å². The van der Waals surface area contributed by atoms with Crippen LogP contribution in [0.5, 0.6) is 0 Å². The van der Waals surface area contributed by atoms with Gasteiger partial charge in [0.1, 0.15) is 5.01 Å². The lowest BCUT2D eigenvalue weighted by molar-refractivity contribution is 0.238. The Morgan fingerprint density at radius 3 is 2.82 bits per heavy atom. The van der Waals surface area contributed by atoms with Crippen LogP contribution in [0.25, 0.3) is 0 Å². The van der Waals surface area contributed by atoms with Crippen molar-refractivity contribution in [3.8, 4) is 0 Å². The Hall–Kier alpha value is -0.450. The zero-order chi connectivity index (χ0) is 12.3. The van der Waals surface area contributed by atoms with Crippen LogP contribution in [-0.4, -0.2) is 24.6 Å². The molecule has 4 heteroatoms. The van der Waals surface area contributed by atoms with Crippen molar-refractivity contribution in [2.24, 2.45) is 11.8 Å². The normalized spacial score (nSPS) is 19.9. The van der Waals surface area contributed by atoms with Crippen molar-refractivity contribution in [3.63, 3.8) is 0 Å². The van der Waals surface area contributed by atoms with E-state index in [0.29, 0.717) is 6.04 Å². The highest BCUT2D eigenvalue weighted by atomic mass is 32.1. The number of hydrogen-bond donors (Lipinski definition) is 2. The van der Waals surface area contributed by atoms with Gasteiger partial charge in [0.15, 0.2) is 0 Å². The molecule has 1 saturated heterocycles. The second-order valence-corrected chi connectivity index (χ2v) is 6.19. The molecule has 1 aromatic heterocycles. The maximum atomic E-state index is 4.49. The zero-order valence-electron chi connectivity index (χ0n) is 11.0. The standard InChI is InChI=1S/C13H23N3S/c1-4-12-8-16-13(17-12)10(3)15-5-9(2)11-6-14-7-11/h8-11,14-15H,4-7H2,1-3H3. The Balaban J connectivity index is 1.77. The molecule has 3 nitrogen and oxygen atoms in total. The molecule has 1 aliphatic heterocycles. The molecule has 2 rings (SSSR count). The van der Waals surface area contributed by atoms with Gasteiger partial charge < -0.3 is 10.6 Å². The Bertz CT molecular complexity index is 346. The molecule has 0 aliphatic carbocycles. The minimum atomic E-state index is 0.385. The van der Waals surface area contributed by atoms with Crippen LogP contribution in [-0.2, 0) is 6.42 Å². The Morgan fingerprint density at radius 2 is 2.29 bits per heavy atom. The third-order valence-electron chi connectivity index (χ3n) is 3.65. The first kappa shape index (κ1) is 13.0.